The smallest absolute Gasteiger partial charge is 0.172 e. The van der Waals surface area contributed by atoms with E-state index in [4.69, 9.17) is 4.98 Å². The fourth-order valence-corrected chi connectivity index (χ4v) is 13.0. The first-order valence-corrected chi connectivity index (χ1v) is 22.2. The van der Waals surface area contributed by atoms with E-state index >= 15 is 4.57 Å². The molecule has 1 aromatic heterocycles. The van der Waals surface area contributed by atoms with Crippen LogP contribution >= 0.6 is 7.14 Å². The minimum absolute atomic E-state index is 0.820. The van der Waals surface area contributed by atoms with E-state index in [0.29, 0.717) is 0 Å². The molecular formula is C57H36NOP. The molecule has 0 atom stereocenters. The first kappa shape index (κ1) is 34.6. The second kappa shape index (κ2) is 13.6. The van der Waals surface area contributed by atoms with Crippen molar-refractivity contribution in [3.63, 3.8) is 0 Å². The highest BCUT2D eigenvalue weighted by Crippen LogP contribution is 2.51. The average Bonchev–Trinajstić information content (AvgIpc) is 3.33. The van der Waals surface area contributed by atoms with Crippen LogP contribution in [0.4, 0.5) is 0 Å². The van der Waals surface area contributed by atoms with Gasteiger partial charge in [0.25, 0.3) is 0 Å². The molecule has 0 bridgehead atoms. The van der Waals surface area contributed by atoms with Crippen molar-refractivity contribution >= 4 is 98.6 Å². The summed E-state index contributed by atoms with van der Waals surface area (Å²) < 4.78 is 16.4. The second-order valence-electron chi connectivity index (χ2n) is 15.6. The molecule has 0 saturated heterocycles. The number of nitrogens with zero attached hydrogens (tertiary/aromatic N) is 1. The molecule has 1 heterocycles. The Hall–Kier alpha value is -7.38. The summed E-state index contributed by atoms with van der Waals surface area (Å²) in [5.74, 6) is 0. The number of fused-ring (bicyclic) bond motifs is 12. The van der Waals surface area contributed by atoms with Gasteiger partial charge in [-0.25, -0.2) is 4.98 Å². The summed E-state index contributed by atoms with van der Waals surface area (Å²) >= 11 is 0. The van der Waals surface area contributed by atoms with Crippen LogP contribution in [0.5, 0.6) is 0 Å². The molecule has 0 N–H and O–H groups in total. The standard InChI is InChI=1S/C57H36NOP/c59-60(38-22-6-2-7-23-38,39-24-8-3-9-25-39)57-48-34-18-15-31-45(48)52(46-32-16-19-35-49(46)57)50-36-51-53(43-29-13-11-28-42(43)50)54-44-30-14-10-26-40(44)41-27-12-17-33-47(41)56(54)58-55(51)37-20-4-1-5-21-37/h1-36H. The SMILES string of the molecule is O=P(c1ccccc1)(c1ccccc1)c1c2ccccc2c(-c2cc3c(-c4ccccc4)nc4c5ccccc5c5ccccc5c4c3c3ccccc23)c2ccccc12. The summed E-state index contributed by atoms with van der Waals surface area (Å²) in [6.45, 7) is 0. The van der Waals surface area contributed by atoms with Gasteiger partial charge in [-0.1, -0.05) is 212 Å². The lowest BCUT2D eigenvalue weighted by molar-refractivity contribution is 0.593. The van der Waals surface area contributed by atoms with E-state index in [9.17, 15) is 0 Å². The number of aromatic nitrogens is 1. The van der Waals surface area contributed by atoms with Gasteiger partial charge in [0.05, 0.1) is 11.2 Å². The Bertz CT molecular complexity index is 3630. The Balaban J connectivity index is 1.29. The van der Waals surface area contributed by atoms with Gasteiger partial charge in [-0.05, 0) is 65.7 Å². The van der Waals surface area contributed by atoms with Gasteiger partial charge >= 0.3 is 0 Å². The van der Waals surface area contributed by atoms with Crippen LogP contribution in [0.2, 0.25) is 0 Å². The molecule has 0 aliphatic rings. The molecule has 12 aromatic rings. The highest BCUT2D eigenvalue weighted by molar-refractivity contribution is 7.86. The molecule has 0 amide bonds. The van der Waals surface area contributed by atoms with E-state index in [1.54, 1.807) is 0 Å². The fraction of sp³-hybridized carbons (Fsp3) is 0. The van der Waals surface area contributed by atoms with Crippen LogP contribution in [0.3, 0.4) is 0 Å². The normalized spacial score (nSPS) is 12.1. The van der Waals surface area contributed by atoms with Crippen LogP contribution in [-0.4, -0.2) is 4.98 Å². The summed E-state index contributed by atoms with van der Waals surface area (Å²) in [6, 6.07) is 76.7. The zero-order valence-corrected chi connectivity index (χ0v) is 33.5. The van der Waals surface area contributed by atoms with Crippen molar-refractivity contribution in [2.75, 3.05) is 0 Å². The van der Waals surface area contributed by atoms with Gasteiger partial charge in [-0.3, -0.25) is 0 Å². The quantitative estimate of drug-likeness (QED) is 0.0989. The molecule has 2 nitrogen and oxygen atoms in total. The molecule has 280 valence electrons. The molecule has 11 aromatic carbocycles. The summed E-state index contributed by atoms with van der Waals surface area (Å²) in [5.41, 5.74) is 5.27. The Morgan fingerprint density at radius 3 is 1.28 bits per heavy atom. The van der Waals surface area contributed by atoms with E-state index in [1.165, 1.54) is 32.3 Å². The average molecular weight is 782 g/mol. The Labute approximate surface area is 347 Å². The zero-order chi connectivity index (χ0) is 39.8. The second-order valence-corrected chi connectivity index (χ2v) is 18.3. The summed E-state index contributed by atoms with van der Waals surface area (Å²) in [4.78, 5) is 5.69. The van der Waals surface area contributed by atoms with Crippen LogP contribution in [0.15, 0.2) is 218 Å². The van der Waals surface area contributed by atoms with Crippen molar-refractivity contribution in [1.82, 2.24) is 4.98 Å². The number of pyridine rings is 1. The molecule has 0 unspecified atom stereocenters. The number of benzene rings is 11. The third kappa shape index (κ3) is 5.02. The third-order valence-corrected chi connectivity index (χ3v) is 15.6. The van der Waals surface area contributed by atoms with E-state index in [0.717, 1.165) is 81.5 Å². The predicted octanol–water partition coefficient (Wildman–Crippen LogP) is 14.1. The van der Waals surface area contributed by atoms with E-state index in [1.807, 2.05) is 60.7 Å². The lowest BCUT2D eigenvalue weighted by Crippen LogP contribution is -2.26. The maximum Gasteiger partial charge on any atom is 0.172 e. The molecule has 12 rings (SSSR count). The van der Waals surface area contributed by atoms with Crippen molar-refractivity contribution in [3.05, 3.63) is 218 Å². The van der Waals surface area contributed by atoms with Crippen molar-refractivity contribution in [1.29, 1.82) is 0 Å². The molecule has 0 radical (unpaired) electrons. The monoisotopic (exact) mass is 781 g/mol. The first-order chi connectivity index (χ1) is 29.7. The number of hydrogen-bond donors (Lipinski definition) is 0. The molecule has 3 heteroatoms. The van der Waals surface area contributed by atoms with Gasteiger partial charge in [-0.2, -0.15) is 0 Å². The first-order valence-electron chi connectivity index (χ1n) is 20.5. The highest BCUT2D eigenvalue weighted by Gasteiger charge is 2.34. The largest absolute Gasteiger partial charge is 0.309 e. The van der Waals surface area contributed by atoms with Crippen LogP contribution < -0.4 is 15.9 Å². The topological polar surface area (TPSA) is 30.0 Å². The van der Waals surface area contributed by atoms with Crippen molar-refractivity contribution in [3.8, 4) is 22.4 Å². The fourth-order valence-electron chi connectivity index (χ4n) is 9.94. The van der Waals surface area contributed by atoms with E-state index in [2.05, 4.69) is 158 Å². The lowest BCUT2D eigenvalue weighted by atomic mass is 9.85. The maximum absolute atomic E-state index is 16.4. The van der Waals surface area contributed by atoms with E-state index < -0.39 is 7.14 Å². The van der Waals surface area contributed by atoms with Gasteiger partial charge < -0.3 is 4.57 Å². The third-order valence-electron chi connectivity index (χ3n) is 12.5. The van der Waals surface area contributed by atoms with Gasteiger partial charge in [0.1, 0.15) is 0 Å². The molecule has 0 spiro atoms. The van der Waals surface area contributed by atoms with Crippen LogP contribution in [0, 0.1) is 0 Å². The van der Waals surface area contributed by atoms with Gasteiger partial charge in [0.2, 0.25) is 0 Å². The van der Waals surface area contributed by atoms with Crippen LogP contribution in [0.25, 0.3) is 97.9 Å². The number of rotatable bonds is 5. The Morgan fingerprint density at radius 1 is 0.333 bits per heavy atom. The maximum atomic E-state index is 16.4. The minimum Gasteiger partial charge on any atom is -0.309 e. The molecular weight excluding hydrogens is 746 g/mol. The van der Waals surface area contributed by atoms with Crippen LogP contribution in [0.1, 0.15) is 0 Å². The summed E-state index contributed by atoms with van der Waals surface area (Å²) in [7, 11) is -3.40. The van der Waals surface area contributed by atoms with E-state index in [-0.39, 0.29) is 0 Å². The zero-order valence-electron chi connectivity index (χ0n) is 32.6. The minimum atomic E-state index is -3.40. The summed E-state index contributed by atoms with van der Waals surface area (Å²) in [5, 5.41) is 17.2. The van der Waals surface area contributed by atoms with Crippen molar-refractivity contribution < 1.29 is 4.57 Å². The molecule has 0 saturated carbocycles. The van der Waals surface area contributed by atoms with Gasteiger partial charge in [-0.15, -0.1) is 0 Å². The molecule has 0 fully saturated rings. The van der Waals surface area contributed by atoms with Gasteiger partial charge in [0, 0.05) is 43.0 Å². The van der Waals surface area contributed by atoms with Gasteiger partial charge in [0.15, 0.2) is 7.14 Å². The lowest BCUT2D eigenvalue weighted by Gasteiger charge is -2.26. The van der Waals surface area contributed by atoms with Crippen molar-refractivity contribution in [2.45, 2.75) is 0 Å². The molecule has 0 aliphatic carbocycles. The Kier molecular flexibility index (Phi) is 7.85. The van der Waals surface area contributed by atoms with Crippen LogP contribution in [-0.2, 0) is 4.57 Å². The van der Waals surface area contributed by atoms with Crippen molar-refractivity contribution in [2.24, 2.45) is 0 Å². The highest BCUT2D eigenvalue weighted by atomic mass is 31.2. The molecule has 60 heavy (non-hydrogen) atoms. The number of hydrogen-bond acceptors (Lipinski definition) is 2. The Morgan fingerprint density at radius 2 is 0.733 bits per heavy atom. The summed E-state index contributed by atoms with van der Waals surface area (Å²) in [6.07, 6.45) is 0. The molecule has 0 aliphatic heterocycles. The predicted molar refractivity (Wildman–Crippen MR) is 257 cm³/mol.